The van der Waals surface area contributed by atoms with Crippen LogP contribution < -0.4 is 0 Å². The zero-order chi connectivity index (χ0) is 9.97. The van der Waals surface area contributed by atoms with Gasteiger partial charge in [-0.05, 0) is 31.6 Å². The fourth-order valence-electron chi connectivity index (χ4n) is 2.43. The van der Waals surface area contributed by atoms with Crippen LogP contribution in [0.2, 0.25) is 0 Å². The van der Waals surface area contributed by atoms with Crippen LogP contribution in [0.3, 0.4) is 0 Å². The molecule has 2 aliphatic carbocycles. The van der Waals surface area contributed by atoms with Crippen molar-refractivity contribution in [3.63, 3.8) is 0 Å². The molecule has 2 fully saturated rings. The first kappa shape index (κ1) is 10.2. The van der Waals surface area contributed by atoms with Crippen LogP contribution in [0.15, 0.2) is 0 Å². The molecule has 1 N–H and O–H groups in total. The van der Waals surface area contributed by atoms with Gasteiger partial charge in [0.1, 0.15) is 5.78 Å². The minimum atomic E-state index is -0.208. The molecular weight excluding hydrogens is 176 g/mol. The fourth-order valence-corrected chi connectivity index (χ4v) is 2.43. The highest BCUT2D eigenvalue weighted by molar-refractivity contribution is 5.83. The molecular formula is C12H20O2. The number of ketones is 1. The molecule has 2 saturated carbocycles. The molecule has 0 aromatic rings. The van der Waals surface area contributed by atoms with Gasteiger partial charge >= 0.3 is 0 Å². The summed E-state index contributed by atoms with van der Waals surface area (Å²) in [6.07, 6.45) is 8.15. The van der Waals surface area contributed by atoms with Gasteiger partial charge in [-0.1, -0.05) is 19.3 Å². The molecule has 2 rings (SSSR count). The van der Waals surface area contributed by atoms with Crippen molar-refractivity contribution in [1.82, 2.24) is 0 Å². The van der Waals surface area contributed by atoms with Crippen LogP contribution >= 0.6 is 0 Å². The Kier molecular flexibility index (Phi) is 3.22. The summed E-state index contributed by atoms with van der Waals surface area (Å²) < 4.78 is 0. The van der Waals surface area contributed by atoms with Crippen molar-refractivity contribution >= 4 is 5.78 Å². The second-order valence-electron chi connectivity index (χ2n) is 4.91. The van der Waals surface area contributed by atoms with E-state index >= 15 is 0 Å². The zero-order valence-electron chi connectivity index (χ0n) is 8.74. The minimum absolute atomic E-state index is 0.208. The Balaban J connectivity index is 1.83. The second kappa shape index (κ2) is 4.43. The third-order valence-electron chi connectivity index (χ3n) is 3.62. The van der Waals surface area contributed by atoms with E-state index in [4.69, 9.17) is 0 Å². The van der Waals surface area contributed by atoms with Crippen molar-refractivity contribution in [2.24, 2.45) is 11.8 Å². The van der Waals surface area contributed by atoms with Gasteiger partial charge in [-0.3, -0.25) is 4.79 Å². The molecule has 0 amide bonds. The summed E-state index contributed by atoms with van der Waals surface area (Å²) in [6, 6.07) is 0. The van der Waals surface area contributed by atoms with Gasteiger partial charge in [0.25, 0.3) is 0 Å². The minimum Gasteiger partial charge on any atom is -0.393 e. The monoisotopic (exact) mass is 196 g/mol. The maximum Gasteiger partial charge on any atom is 0.136 e. The lowest BCUT2D eigenvalue weighted by Crippen LogP contribution is -2.22. The van der Waals surface area contributed by atoms with Gasteiger partial charge in [-0.15, -0.1) is 0 Å². The molecule has 0 aliphatic heterocycles. The number of aliphatic hydroxyl groups excluding tert-OH is 1. The van der Waals surface area contributed by atoms with Crippen LogP contribution in [0.1, 0.15) is 51.4 Å². The summed E-state index contributed by atoms with van der Waals surface area (Å²) in [6.45, 7) is 0. The molecule has 0 bridgehead atoms. The Bertz CT molecular complexity index is 208. The van der Waals surface area contributed by atoms with E-state index in [0.29, 0.717) is 18.1 Å². The summed E-state index contributed by atoms with van der Waals surface area (Å²) >= 11 is 0. The number of carbonyl (C=O) groups excluding carboxylic acids is 1. The predicted molar refractivity (Wildman–Crippen MR) is 54.9 cm³/mol. The van der Waals surface area contributed by atoms with Crippen molar-refractivity contribution < 1.29 is 9.90 Å². The van der Waals surface area contributed by atoms with Crippen LogP contribution in [-0.2, 0) is 4.79 Å². The topological polar surface area (TPSA) is 37.3 Å². The lowest BCUT2D eigenvalue weighted by molar-refractivity contribution is -0.122. The van der Waals surface area contributed by atoms with Gasteiger partial charge in [0.2, 0.25) is 0 Å². The first-order chi connectivity index (χ1) is 6.77. The number of hydrogen-bond acceptors (Lipinski definition) is 2. The van der Waals surface area contributed by atoms with Gasteiger partial charge < -0.3 is 5.11 Å². The Morgan fingerprint density at radius 1 is 1.07 bits per heavy atom. The number of aliphatic hydroxyl groups is 1. The van der Waals surface area contributed by atoms with E-state index in [1.807, 2.05) is 0 Å². The molecule has 0 aromatic carbocycles. The van der Waals surface area contributed by atoms with Crippen molar-refractivity contribution in [2.75, 3.05) is 0 Å². The van der Waals surface area contributed by atoms with Crippen molar-refractivity contribution in [2.45, 2.75) is 57.5 Å². The van der Waals surface area contributed by atoms with Gasteiger partial charge in [-0.2, -0.15) is 0 Å². The molecule has 2 unspecified atom stereocenters. The highest BCUT2D eigenvalue weighted by Gasteiger charge is 2.32. The summed E-state index contributed by atoms with van der Waals surface area (Å²) in [5.74, 6) is 1.05. The molecule has 2 nitrogen and oxygen atoms in total. The zero-order valence-corrected chi connectivity index (χ0v) is 8.74. The second-order valence-corrected chi connectivity index (χ2v) is 4.91. The van der Waals surface area contributed by atoms with Crippen LogP contribution in [0.4, 0.5) is 0 Å². The predicted octanol–water partition coefficient (Wildman–Crippen LogP) is 2.30. The lowest BCUT2D eigenvalue weighted by Gasteiger charge is -2.19. The van der Waals surface area contributed by atoms with E-state index in [-0.39, 0.29) is 12.0 Å². The van der Waals surface area contributed by atoms with E-state index in [9.17, 15) is 9.90 Å². The smallest absolute Gasteiger partial charge is 0.136 e. The Morgan fingerprint density at radius 2 is 1.79 bits per heavy atom. The molecule has 14 heavy (non-hydrogen) atoms. The Morgan fingerprint density at radius 3 is 2.50 bits per heavy atom. The van der Waals surface area contributed by atoms with Crippen LogP contribution in [0.5, 0.6) is 0 Å². The molecule has 0 radical (unpaired) electrons. The highest BCUT2D eigenvalue weighted by atomic mass is 16.3. The molecule has 2 heteroatoms. The standard InChI is InChI=1S/C12H20O2/c13-11-5-3-1-2-4-10(11)8-12(14)9-6-7-9/h9-11,13H,1-8H2. The molecule has 0 saturated heterocycles. The molecule has 0 spiro atoms. The van der Waals surface area contributed by atoms with Gasteiger partial charge in [0, 0.05) is 12.3 Å². The third-order valence-corrected chi connectivity index (χ3v) is 3.62. The van der Waals surface area contributed by atoms with Crippen molar-refractivity contribution in [3.05, 3.63) is 0 Å². The largest absolute Gasteiger partial charge is 0.393 e. The van der Waals surface area contributed by atoms with Crippen molar-refractivity contribution in [3.8, 4) is 0 Å². The van der Waals surface area contributed by atoms with Crippen LogP contribution in [-0.4, -0.2) is 17.0 Å². The van der Waals surface area contributed by atoms with Crippen LogP contribution in [0, 0.1) is 11.8 Å². The molecule has 80 valence electrons. The fraction of sp³-hybridized carbons (Fsp3) is 0.917. The van der Waals surface area contributed by atoms with Gasteiger partial charge in [0.05, 0.1) is 6.10 Å². The molecule has 0 heterocycles. The first-order valence-electron chi connectivity index (χ1n) is 5.98. The average molecular weight is 196 g/mol. The maximum absolute atomic E-state index is 11.6. The van der Waals surface area contributed by atoms with E-state index in [0.717, 1.165) is 32.1 Å². The quantitative estimate of drug-likeness (QED) is 0.703. The SMILES string of the molecule is O=C(CC1CCCCCC1O)C1CC1. The molecule has 2 aliphatic rings. The summed E-state index contributed by atoms with van der Waals surface area (Å²) in [5, 5.41) is 9.85. The van der Waals surface area contributed by atoms with Crippen LogP contribution in [0.25, 0.3) is 0 Å². The number of Topliss-reactive ketones (excluding diaryl/α,β-unsaturated/α-hetero) is 1. The maximum atomic E-state index is 11.6. The van der Waals surface area contributed by atoms with E-state index in [1.54, 1.807) is 0 Å². The first-order valence-corrected chi connectivity index (χ1v) is 5.98. The molecule has 2 atom stereocenters. The summed E-state index contributed by atoms with van der Waals surface area (Å²) in [7, 11) is 0. The Hall–Kier alpha value is -0.370. The van der Waals surface area contributed by atoms with E-state index in [1.165, 1.54) is 12.8 Å². The van der Waals surface area contributed by atoms with E-state index in [2.05, 4.69) is 0 Å². The summed E-state index contributed by atoms with van der Waals surface area (Å²) in [4.78, 5) is 11.6. The van der Waals surface area contributed by atoms with Crippen molar-refractivity contribution in [1.29, 1.82) is 0 Å². The van der Waals surface area contributed by atoms with Gasteiger partial charge in [-0.25, -0.2) is 0 Å². The number of rotatable bonds is 3. The van der Waals surface area contributed by atoms with E-state index < -0.39 is 0 Å². The third kappa shape index (κ3) is 2.57. The normalized spacial score (nSPS) is 33.8. The Labute approximate surface area is 85.7 Å². The lowest BCUT2D eigenvalue weighted by atomic mass is 9.91. The summed E-state index contributed by atoms with van der Waals surface area (Å²) in [5.41, 5.74) is 0. The average Bonchev–Trinajstić information content (AvgIpc) is 2.95. The number of hydrogen-bond donors (Lipinski definition) is 1. The molecule has 0 aromatic heterocycles. The number of carbonyl (C=O) groups is 1. The highest BCUT2D eigenvalue weighted by Crippen LogP contribution is 2.34. The van der Waals surface area contributed by atoms with Gasteiger partial charge in [0.15, 0.2) is 0 Å².